The summed E-state index contributed by atoms with van der Waals surface area (Å²) in [6, 6.07) is 18.8. The first kappa shape index (κ1) is 22.8. The number of benzene rings is 2. The van der Waals surface area contributed by atoms with Gasteiger partial charge in [0.15, 0.2) is 5.96 Å². The molecule has 1 aliphatic heterocycles. The molecule has 1 heterocycles. The minimum absolute atomic E-state index is 0.0360. The van der Waals surface area contributed by atoms with E-state index < -0.39 is 0 Å². The fourth-order valence-electron chi connectivity index (χ4n) is 3.78. The highest BCUT2D eigenvalue weighted by atomic mass is 16.1. The molecule has 1 saturated heterocycles. The Bertz CT molecular complexity index is 827. The van der Waals surface area contributed by atoms with Crippen molar-refractivity contribution in [2.24, 2.45) is 4.99 Å². The molecule has 0 saturated carbocycles. The first-order valence-corrected chi connectivity index (χ1v) is 11.4. The van der Waals surface area contributed by atoms with Crippen LogP contribution >= 0.6 is 0 Å². The second kappa shape index (κ2) is 12.1. The van der Waals surface area contributed by atoms with Gasteiger partial charge in [-0.15, -0.1) is 0 Å². The number of hydrogen-bond acceptors (Lipinski definition) is 3. The van der Waals surface area contributed by atoms with E-state index in [2.05, 4.69) is 58.1 Å². The van der Waals surface area contributed by atoms with E-state index in [0.29, 0.717) is 24.7 Å². The average Bonchev–Trinajstić information content (AvgIpc) is 2.80. The Morgan fingerprint density at radius 3 is 2.26 bits per heavy atom. The second-order valence-corrected chi connectivity index (χ2v) is 7.93. The largest absolute Gasteiger partial charge is 0.357 e. The molecule has 31 heavy (non-hydrogen) atoms. The van der Waals surface area contributed by atoms with Gasteiger partial charge in [0.2, 0.25) is 0 Å². The molecule has 0 aliphatic carbocycles. The van der Waals surface area contributed by atoms with Gasteiger partial charge in [-0.2, -0.15) is 0 Å². The van der Waals surface area contributed by atoms with Gasteiger partial charge in [0.05, 0.1) is 6.54 Å². The van der Waals surface area contributed by atoms with Crippen LogP contribution in [0.2, 0.25) is 0 Å². The van der Waals surface area contributed by atoms with Gasteiger partial charge in [-0.25, -0.2) is 4.99 Å². The summed E-state index contributed by atoms with van der Waals surface area (Å²) in [4.78, 5) is 19.2. The molecule has 0 aromatic heterocycles. The van der Waals surface area contributed by atoms with Crippen molar-refractivity contribution in [3.63, 3.8) is 0 Å². The molecule has 0 atom stereocenters. The van der Waals surface area contributed by atoms with E-state index in [4.69, 9.17) is 4.99 Å². The van der Waals surface area contributed by atoms with Crippen LogP contribution in [-0.4, -0.2) is 49.0 Å². The highest BCUT2D eigenvalue weighted by Gasteiger charge is 2.20. The number of amides is 1. The number of nitrogens with one attached hydrogen (secondary N) is 3. The van der Waals surface area contributed by atoms with Crippen LogP contribution in [0.25, 0.3) is 0 Å². The normalized spacial score (nSPS) is 15.5. The first-order chi connectivity index (χ1) is 15.2. The van der Waals surface area contributed by atoms with Crippen LogP contribution < -0.4 is 16.0 Å². The summed E-state index contributed by atoms with van der Waals surface area (Å²) >= 11 is 0. The fourth-order valence-corrected chi connectivity index (χ4v) is 3.78. The molecular weight excluding hydrogens is 386 g/mol. The van der Waals surface area contributed by atoms with Crippen molar-refractivity contribution < 1.29 is 4.79 Å². The number of carbonyl (C=O) groups is 1. The second-order valence-electron chi connectivity index (χ2n) is 7.93. The van der Waals surface area contributed by atoms with Crippen molar-refractivity contribution in [1.82, 2.24) is 20.9 Å². The van der Waals surface area contributed by atoms with E-state index in [9.17, 15) is 4.79 Å². The number of likely N-dealkylation sites (tertiary alicyclic amines) is 1. The van der Waals surface area contributed by atoms with Crippen molar-refractivity contribution >= 4 is 11.9 Å². The first-order valence-electron chi connectivity index (χ1n) is 11.4. The molecule has 6 nitrogen and oxygen atoms in total. The van der Waals surface area contributed by atoms with Gasteiger partial charge in [0.25, 0.3) is 5.91 Å². The molecule has 2 aromatic rings. The molecule has 0 radical (unpaired) electrons. The minimum Gasteiger partial charge on any atom is -0.357 e. The Labute approximate surface area is 186 Å². The smallest absolute Gasteiger partial charge is 0.251 e. The molecule has 1 aliphatic rings. The van der Waals surface area contributed by atoms with Crippen molar-refractivity contribution in [2.75, 3.05) is 26.2 Å². The molecule has 3 N–H and O–H groups in total. The van der Waals surface area contributed by atoms with Crippen LogP contribution in [0.15, 0.2) is 59.6 Å². The SMILES string of the molecule is CCNC(=O)c1ccc(CN=C(NCC)NC2CCN(Cc3ccccc3)CC2)cc1. The molecule has 166 valence electrons. The molecule has 1 amide bonds. The van der Waals surface area contributed by atoms with Crippen molar-refractivity contribution in [3.05, 3.63) is 71.3 Å². The van der Waals surface area contributed by atoms with Gasteiger partial charge in [-0.05, 0) is 49.9 Å². The van der Waals surface area contributed by atoms with E-state index in [1.54, 1.807) is 0 Å². The lowest BCUT2D eigenvalue weighted by molar-refractivity contribution is 0.0956. The van der Waals surface area contributed by atoms with Crippen molar-refractivity contribution in [1.29, 1.82) is 0 Å². The molecule has 0 bridgehead atoms. The van der Waals surface area contributed by atoms with E-state index >= 15 is 0 Å². The van der Waals surface area contributed by atoms with Crippen LogP contribution in [0.1, 0.15) is 48.2 Å². The highest BCUT2D eigenvalue weighted by molar-refractivity contribution is 5.94. The van der Waals surface area contributed by atoms with Gasteiger partial charge in [0, 0.05) is 44.3 Å². The summed E-state index contributed by atoms with van der Waals surface area (Å²) in [5.41, 5.74) is 3.15. The van der Waals surface area contributed by atoms with E-state index in [0.717, 1.165) is 50.5 Å². The zero-order valence-corrected chi connectivity index (χ0v) is 18.7. The lowest BCUT2D eigenvalue weighted by Crippen LogP contribution is -2.48. The van der Waals surface area contributed by atoms with Gasteiger partial charge >= 0.3 is 0 Å². The number of aliphatic imine (C=N–C) groups is 1. The predicted octanol–water partition coefficient (Wildman–Crippen LogP) is 3.16. The number of guanidine groups is 1. The molecule has 1 fully saturated rings. The molecule has 2 aromatic carbocycles. The Balaban J connectivity index is 1.49. The maximum atomic E-state index is 11.9. The van der Waals surface area contributed by atoms with Crippen molar-refractivity contribution in [2.45, 2.75) is 45.8 Å². The summed E-state index contributed by atoms with van der Waals surface area (Å²) in [7, 11) is 0. The predicted molar refractivity (Wildman–Crippen MR) is 127 cm³/mol. The van der Waals surface area contributed by atoms with Gasteiger partial charge in [-0.3, -0.25) is 9.69 Å². The topological polar surface area (TPSA) is 68.8 Å². The maximum absolute atomic E-state index is 11.9. The minimum atomic E-state index is -0.0360. The third-order valence-electron chi connectivity index (χ3n) is 5.49. The Morgan fingerprint density at radius 1 is 0.935 bits per heavy atom. The Kier molecular flexibility index (Phi) is 8.91. The lowest BCUT2D eigenvalue weighted by atomic mass is 10.0. The summed E-state index contributed by atoms with van der Waals surface area (Å²) in [5.74, 6) is 0.822. The van der Waals surface area contributed by atoms with Gasteiger partial charge in [-0.1, -0.05) is 42.5 Å². The highest BCUT2D eigenvalue weighted by Crippen LogP contribution is 2.14. The van der Waals surface area contributed by atoms with Crippen LogP contribution in [0.3, 0.4) is 0 Å². The third kappa shape index (κ3) is 7.40. The molecule has 6 heteroatoms. The number of rotatable bonds is 8. The summed E-state index contributed by atoms with van der Waals surface area (Å²) < 4.78 is 0. The molecule has 0 spiro atoms. The Morgan fingerprint density at radius 2 is 1.61 bits per heavy atom. The van der Waals surface area contributed by atoms with E-state index in [-0.39, 0.29) is 5.91 Å². The molecular formula is C25H35N5O. The summed E-state index contributed by atoms with van der Waals surface area (Å²) in [5, 5.41) is 9.79. The number of hydrogen-bond donors (Lipinski definition) is 3. The van der Waals surface area contributed by atoms with Crippen molar-refractivity contribution in [3.8, 4) is 0 Å². The number of nitrogens with zero attached hydrogens (tertiary/aromatic N) is 2. The molecule has 0 unspecified atom stereocenters. The average molecular weight is 422 g/mol. The van der Waals surface area contributed by atoms with Gasteiger partial charge in [0.1, 0.15) is 0 Å². The lowest BCUT2D eigenvalue weighted by Gasteiger charge is -2.33. The zero-order valence-electron chi connectivity index (χ0n) is 18.7. The van der Waals surface area contributed by atoms with E-state index in [1.807, 2.05) is 31.2 Å². The van der Waals surface area contributed by atoms with Crippen LogP contribution in [0.4, 0.5) is 0 Å². The zero-order chi connectivity index (χ0) is 21.9. The quantitative estimate of drug-likeness (QED) is 0.452. The van der Waals surface area contributed by atoms with Crippen LogP contribution in [-0.2, 0) is 13.1 Å². The number of piperidine rings is 1. The summed E-state index contributed by atoms with van der Waals surface area (Å²) in [6.07, 6.45) is 2.22. The standard InChI is InChI=1S/C25H35N5O/c1-3-26-24(31)22-12-10-20(11-13-22)18-28-25(27-4-2)29-23-14-16-30(17-15-23)19-21-8-6-5-7-9-21/h5-13,23H,3-4,14-19H2,1-2H3,(H,26,31)(H2,27,28,29). The Hall–Kier alpha value is -2.86. The van der Waals surface area contributed by atoms with Crippen LogP contribution in [0.5, 0.6) is 0 Å². The monoisotopic (exact) mass is 421 g/mol. The third-order valence-corrected chi connectivity index (χ3v) is 5.49. The maximum Gasteiger partial charge on any atom is 0.251 e. The van der Waals surface area contributed by atoms with Gasteiger partial charge < -0.3 is 16.0 Å². The summed E-state index contributed by atoms with van der Waals surface area (Å²) in [6.45, 7) is 9.25. The number of carbonyl (C=O) groups excluding carboxylic acids is 1. The van der Waals surface area contributed by atoms with Crippen LogP contribution in [0, 0.1) is 0 Å². The van der Waals surface area contributed by atoms with E-state index in [1.165, 1.54) is 5.56 Å². The molecule has 3 rings (SSSR count). The fraction of sp³-hybridized carbons (Fsp3) is 0.440.